The highest BCUT2D eigenvalue weighted by Gasteiger charge is 2.24. The van der Waals surface area contributed by atoms with Crippen molar-refractivity contribution in [3.05, 3.63) is 42.0 Å². The summed E-state index contributed by atoms with van der Waals surface area (Å²) in [7, 11) is 0. The minimum absolute atomic E-state index is 0.132. The lowest BCUT2D eigenvalue weighted by atomic mass is 10.2. The summed E-state index contributed by atoms with van der Waals surface area (Å²) in [6, 6.07) is 7.16. The van der Waals surface area contributed by atoms with Crippen LogP contribution < -0.4 is 9.64 Å². The largest absolute Gasteiger partial charge is 0.471 e. The molecule has 10 heteroatoms. The average Bonchev–Trinajstić information content (AvgIpc) is 3.17. The fraction of sp³-hybridized carbons (Fsp3) is 0.368. The zero-order valence-corrected chi connectivity index (χ0v) is 15.7. The van der Waals surface area contributed by atoms with Gasteiger partial charge in [0, 0.05) is 37.9 Å². The van der Waals surface area contributed by atoms with Crippen LogP contribution in [-0.2, 0) is 0 Å². The fourth-order valence-corrected chi connectivity index (χ4v) is 3.27. The smallest absolute Gasteiger partial charge is 0.276 e. The highest BCUT2D eigenvalue weighted by atomic mass is 19.3. The highest BCUT2D eigenvalue weighted by Crippen LogP contribution is 2.27. The van der Waals surface area contributed by atoms with E-state index in [1.165, 1.54) is 6.33 Å². The monoisotopic (exact) mass is 403 g/mol. The van der Waals surface area contributed by atoms with Crippen LogP contribution in [0.3, 0.4) is 0 Å². The van der Waals surface area contributed by atoms with Crippen LogP contribution in [0.4, 0.5) is 14.5 Å². The first-order valence-corrected chi connectivity index (χ1v) is 9.14. The minimum atomic E-state index is -2.58. The van der Waals surface area contributed by atoms with Gasteiger partial charge in [0.1, 0.15) is 12.1 Å². The molecule has 0 saturated carbocycles. The standard InChI is InChI=1S/C19H19F2N5O3/c1-12-8-16(24-29-12)19(27)26-6-4-25(5-7-26)13-2-3-15-14(9-13)18(23-11-22-15)28-10-17(20)21/h2-3,8-9,11,17H,4-7,10H2,1H3. The normalized spacial score (nSPS) is 14.6. The number of piperazine rings is 1. The molecule has 0 radical (unpaired) electrons. The van der Waals surface area contributed by atoms with E-state index in [4.69, 9.17) is 9.26 Å². The highest BCUT2D eigenvalue weighted by molar-refractivity contribution is 5.92. The Bertz CT molecular complexity index is 1020. The van der Waals surface area contributed by atoms with Gasteiger partial charge in [-0.2, -0.15) is 0 Å². The number of hydrogen-bond donors (Lipinski definition) is 0. The van der Waals surface area contributed by atoms with E-state index in [0.29, 0.717) is 48.5 Å². The zero-order chi connectivity index (χ0) is 20.4. The van der Waals surface area contributed by atoms with E-state index in [1.54, 1.807) is 24.0 Å². The van der Waals surface area contributed by atoms with Gasteiger partial charge in [0.15, 0.2) is 12.3 Å². The maximum absolute atomic E-state index is 12.5. The number of nitrogens with zero attached hydrogens (tertiary/aromatic N) is 5. The molecule has 0 atom stereocenters. The van der Waals surface area contributed by atoms with Crippen LogP contribution >= 0.6 is 0 Å². The van der Waals surface area contributed by atoms with Crippen LogP contribution in [0.25, 0.3) is 10.9 Å². The molecule has 1 fully saturated rings. The van der Waals surface area contributed by atoms with Crippen molar-refractivity contribution in [1.82, 2.24) is 20.0 Å². The van der Waals surface area contributed by atoms with Crippen molar-refractivity contribution in [2.75, 3.05) is 37.7 Å². The van der Waals surface area contributed by atoms with Gasteiger partial charge in [-0.15, -0.1) is 0 Å². The van der Waals surface area contributed by atoms with E-state index in [2.05, 4.69) is 20.0 Å². The molecule has 1 saturated heterocycles. The molecule has 29 heavy (non-hydrogen) atoms. The van der Waals surface area contributed by atoms with Crippen molar-refractivity contribution in [3.8, 4) is 5.88 Å². The van der Waals surface area contributed by atoms with E-state index in [0.717, 1.165) is 5.69 Å². The average molecular weight is 403 g/mol. The van der Waals surface area contributed by atoms with E-state index < -0.39 is 13.0 Å². The van der Waals surface area contributed by atoms with Crippen LogP contribution in [0.5, 0.6) is 5.88 Å². The Morgan fingerprint density at radius 3 is 2.69 bits per heavy atom. The van der Waals surface area contributed by atoms with Crippen molar-refractivity contribution >= 4 is 22.5 Å². The zero-order valence-electron chi connectivity index (χ0n) is 15.7. The third-order valence-electron chi connectivity index (χ3n) is 4.71. The van der Waals surface area contributed by atoms with E-state index in [9.17, 15) is 13.6 Å². The number of fused-ring (bicyclic) bond motifs is 1. The molecule has 0 N–H and O–H groups in total. The predicted molar refractivity (Wildman–Crippen MR) is 100 cm³/mol. The number of carbonyl (C=O) groups is 1. The van der Waals surface area contributed by atoms with Crippen molar-refractivity contribution in [2.24, 2.45) is 0 Å². The quantitative estimate of drug-likeness (QED) is 0.647. The van der Waals surface area contributed by atoms with Gasteiger partial charge in [0.05, 0.1) is 10.9 Å². The van der Waals surface area contributed by atoms with Gasteiger partial charge >= 0.3 is 0 Å². The minimum Gasteiger partial charge on any atom is -0.471 e. The number of alkyl halides is 2. The molecule has 3 heterocycles. The summed E-state index contributed by atoms with van der Waals surface area (Å²) in [5, 5.41) is 4.35. The molecular weight excluding hydrogens is 384 g/mol. The summed E-state index contributed by atoms with van der Waals surface area (Å²) in [6.45, 7) is 3.32. The molecule has 8 nitrogen and oxygen atoms in total. The molecule has 0 aliphatic carbocycles. The van der Waals surface area contributed by atoms with Crippen molar-refractivity contribution in [3.63, 3.8) is 0 Å². The Kier molecular flexibility index (Phi) is 5.24. The molecule has 1 aliphatic rings. The molecule has 4 rings (SSSR count). The number of amides is 1. The summed E-state index contributed by atoms with van der Waals surface area (Å²) in [6.07, 6.45) is -1.29. The first-order chi connectivity index (χ1) is 14.0. The lowest BCUT2D eigenvalue weighted by Crippen LogP contribution is -2.48. The number of halogens is 2. The molecule has 0 bridgehead atoms. The van der Waals surface area contributed by atoms with Gasteiger partial charge in [-0.25, -0.2) is 18.7 Å². The molecule has 0 spiro atoms. The van der Waals surface area contributed by atoms with Gasteiger partial charge in [0.2, 0.25) is 5.88 Å². The van der Waals surface area contributed by atoms with E-state index >= 15 is 0 Å². The Labute approximate surface area is 165 Å². The summed E-state index contributed by atoms with van der Waals surface area (Å²) in [5.41, 5.74) is 1.81. The van der Waals surface area contributed by atoms with Crippen molar-refractivity contribution in [1.29, 1.82) is 0 Å². The fourth-order valence-electron chi connectivity index (χ4n) is 3.27. The molecule has 1 aliphatic heterocycles. The van der Waals surface area contributed by atoms with Gasteiger partial charge in [0.25, 0.3) is 12.3 Å². The lowest BCUT2D eigenvalue weighted by molar-refractivity contribution is 0.0736. The predicted octanol–water partition coefficient (Wildman–Crippen LogP) is 2.53. The van der Waals surface area contributed by atoms with Crippen LogP contribution in [0, 0.1) is 6.92 Å². The summed E-state index contributed by atoms with van der Waals surface area (Å²) in [4.78, 5) is 24.5. The maximum Gasteiger partial charge on any atom is 0.276 e. The maximum atomic E-state index is 12.5. The molecule has 2 aromatic heterocycles. The third-order valence-corrected chi connectivity index (χ3v) is 4.71. The number of rotatable bonds is 5. The second-order valence-electron chi connectivity index (χ2n) is 6.68. The topological polar surface area (TPSA) is 84.6 Å². The molecule has 0 unspecified atom stereocenters. The first kappa shape index (κ1) is 19.0. The second-order valence-corrected chi connectivity index (χ2v) is 6.68. The van der Waals surface area contributed by atoms with Gasteiger partial charge in [-0.3, -0.25) is 4.79 Å². The van der Waals surface area contributed by atoms with E-state index in [-0.39, 0.29) is 11.8 Å². The Hall–Kier alpha value is -3.30. The van der Waals surface area contributed by atoms with Crippen LogP contribution in [0.2, 0.25) is 0 Å². The number of carbonyl (C=O) groups excluding carboxylic acids is 1. The Morgan fingerprint density at radius 2 is 2.00 bits per heavy atom. The van der Waals surface area contributed by atoms with Gasteiger partial charge < -0.3 is 19.1 Å². The van der Waals surface area contributed by atoms with Crippen LogP contribution in [0.15, 0.2) is 35.1 Å². The number of hydrogen-bond acceptors (Lipinski definition) is 7. The lowest BCUT2D eigenvalue weighted by Gasteiger charge is -2.35. The van der Waals surface area contributed by atoms with Crippen LogP contribution in [-0.4, -0.2) is 65.1 Å². The Balaban J connectivity index is 1.48. The van der Waals surface area contributed by atoms with Crippen LogP contribution in [0.1, 0.15) is 16.2 Å². The molecule has 3 aromatic rings. The summed E-state index contributed by atoms with van der Waals surface area (Å²) >= 11 is 0. The molecule has 1 aromatic carbocycles. The second kappa shape index (κ2) is 7.98. The van der Waals surface area contributed by atoms with Crippen molar-refractivity contribution in [2.45, 2.75) is 13.3 Å². The number of ether oxygens (including phenoxy) is 1. The van der Waals surface area contributed by atoms with Gasteiger partial charge in [-0.05, 0) is 25.1 Å². The Morgan fingerprint density at radius 1 is 1.21 bits per heavy atom. The number of benzene rings is 1. The molecular formula is C19H19F2N5O3. The number of aryl methyl sites for hydroxylation is 1. The molecule has 152 valence electrons. The SMILES string of the molecule is Cc1cc(C(=O)N2CCN(c3ccc4ncnc(OCC(F)F)c4c3)CC2)no1. The van der Waals surface area contributed by atoms with Gasteiger partial charge in [-0.1, -0.05) is 5.16 Å². The summed E-state index contributed by atoms with van der Waals surface area (Å²) in [5.74, 6) is 0.568. The number of anilines is 1. The number of aromatic nitrogens is 3. The third kappa shape index (κ3) is 4.10. The molecule has 1 amide bonds. The van der Waals surface area contributed by atoms with E-state index in [1.807, 2.05) is 12.1 Å². The summed E-state index contributed by atoms with van der Waals surface area (Å²) < 4.78 is 35.1. The van der Waals surface area contributed by atoms with Crippen molar-refractivity contribution < 1.29 is 22.8 Å². The first-order valence-electron chi connectivity index (χ1n) is 9.14.